The maximum Gasteiger partial charge on any atom is 0.363 e. The van der Waals surface area contributed by atoms with E-state index >= 15 is 0 Å². The molecular weight excluding hydrogens is 587 g/mol. The van der Waals surface area contributed by atoms with Gasteiger partial charge in [-0.1, -0.05) is 29.8 Å². The normalized spacial score (nSPS) is 14.0. The average Bonchev–Trinajstić information content (AvgIpc) is 3.20. The number of ether oxygens (including phenoxy) is 3. The Labute approximate surface area is 219 Å². The van der Waals surface area contributed by atoms with Gasteiger partial charge in [0.05, 0.1) is 16.6 Å². The zero-order chi connectivity index (χ0) is 24.9. The minimum absolute atomic E-state index is 0.0596. The van der Waals surface area contributed by atoms with Crippen molar-refractivity contribution in [1.82, 2.24) is 0 Å². The molecule has 4 rings (SSSR count). The molecule has 0 bridgehead atoms. The van der Waals surface area contributed by atoms with Crippen molar-refractivity contribution in [2.24, 2.45) is 4.99 Å². The number of nitro benzene ring substituents is 1. The van der Waals surface area contributed by atoms with Crippen LogP contribution in [0.4, 0.5) is 5.69 Å². The maximum absolute atomic E-state index is 12.4. The van der Waals surface area contributed by atoms with Crippen LogP contribution < -0.4 is 9.47 Å². The van der Waals surface area contributed by atoms with E-state index in [-0.39, 0.29) is 17.3 Å². The van der Waals surface area contributed by atoms with Crippen molar-refractivity contribution in [1.29, 1.82) is 0 Å². The number of cyclic esters (lactones) is 1. The zero-order valence-corrected chi connectivity index (χ0v) is 21.3. The molecule has 3 aromatic carbocycles. The van der Waals surface area contributed by atoms with Gasteiger partial charge in [-0.05, 0) is 71.5 Å². The summed E-state index contributed by atoms with van der Waals surface area (Å²) in [6.07, 6.45) is 1.53. The standard InChI is InChI=1S/C25H18ClIN2O6/c1-2-33-22-13-15(11-19(26)23(22)34-14-17-5-3-4-6-20(17)27)12-21-25(30)35-24(28-21)16-7-9-18(10-8-16)29(31)32/h3-13H,2,14H2,1H3/b21-12-. The smallest absolute Gasteiger partial charge is 0.363 e. The van der Waals surface area contributed by atoms with Crippen LogP contribution in [0.25, 0.3) is 6.08 Å². The lowest BCUT2D eigenvalue weighted by Gasteiger charge is -2.15. The van der Waals surface area contributed by atoms with Crippen molar-refractivity contribution >= 4 is 57.8 Å². The molecule has 0 aromatic heterocycles. The SMILES string of the molecule is CCOc1cc(/C=C2\N=C(c3ccc([N+](=O)[O-])cc3)OC2=O)cc(Cl)c1OCc1ccccc1I. The maximum atomic E-state index is 12.4. The van der Waals surface area contributed by atoms with Gasteiger partial charge in [0.1, 0.15) is 6.61 Å². The van der Waals surface area contributed by atoms with Crippen molar-refractivity contribution in [2.75, 3.05) is 6.61 Å². The van der Waals surface area contributed by atoms with E-state index < -0.39 is 10.9 Å². The van der Waals surface area contributed by atoms with Crippen molar-refractivity contribution in [3.63, 3.8) is 0 Å². The zero-order valence-electron chi connectivity index (χ0n) is 18.4. The van der Waals surface area contributed by atoms with E-state index in [2.05, 4.69) is 27.6 Å². The molecule has 0 unspecified atom stereocenters. The Morgan fingerprint density at radius 2 is 1.89 bits per heavy atom. The first-order valence-electron chi connectivity index (χ1n) is 10.5. The number of non-ortho nitro benzene ring substituents is 1. The number of nitro groups is 1. The first-order chi connectivity index (χ1) is 16.9. The molecule has 1 heterocycles. The van der Waals surface area contributed by atoms with Crippen LogP contribution in [0.15, 0.2) is 71.4 Å². The van der Waals surface area contributed by atoms with Gasteiger partial charge in [-0.2, -0.15) is 0 Å². The van der Waals surface area contributed by atoms with E-state index in [1.165, 1.54) is 30.3 Å². The van der Waals surface area contributed by atoms with Gasteiger partial charge in [-0.25, -0.2) is 9.79 Å². The molecule has 8 nitrogen and oxygen atoms in total. The number of aliphatic imine (C=N–C) groups is 1. The Morgan fingerprint density at radius 1 is 1.14 bits per heavy atom. The van der Waals surface area contributed by atoms with Gasteiger partial charge in [0.15, 0.2) is 17.2 Å². The summed E-state index contributed by atoms with van der Waals surface area (Å²) in [6, 6.07) is 16.8. The molecule has 178 valence electrons. The highest BCUT2D eigenvalue weighted by Gasteiger charge is 2.25. The predicted molar refractivity (Wildman–Crippen MR) is 140 cm³/mol. The Morgan fingerprint density at radius 3 is 2.57 bits per heavy atom. The Bertz CT molecular complexity index is 1350. The minimum Gasteiger partial charge on any atom is -0.490 e. The quantitative estimate of drug-likeness (QED) is 0.100. The second kappa shape index (κ2) is 10.9. The van der Waals surface area contributed by atoms with E-state index in [0.29, 0.717) is 40.9 Å². The molecule has 0 amide bonds. The van der Waals surface area contributed by atoms with Gasteiger partial charge in [0.2, 0.25) is 5.90 Å². The number of benzene rings is 3. The molecule has 0 aliphatic carbocycles. The molecule has 35 heavy (non-hydrogen) atoms. The van der Waals surface area contributed by atoms with E-state index in [4.69, 9.17) is 25.8 Å². The third kappa shape index (κ3) is 5.80. The molecule has 0 N–H and O–H groups in total. The lowest BCUT2D eigenvalue weighted by Crippen LogP contribution is -2.05. The van der Waals surface area contributed by atoms with Crippen molar-refractivity contribution in [3.05, 3.63) is 102 Å². The van der Waals surface area contributed by atoms with Gasteiger partial charge < -0.3 is 14.2 Å². The largest absolute Gasteiger partial charge is 0.490 e. The lowest BCUT2D eigenvalue weighted by atomic mass is 10.1. The van der Waals surface area contributed by atoms with Crippen LogP contribution in [0, 0.1) is 13.7 Å². The molecule has 1 aliphatic heterocycles. The monoisotopic (exact) mass is 604 g/mol. The lowest BCUT2D eigenvalue weighted by molar-refractivity contribution is -0.384. The second-order valence-electron chi connectivity index (χ2n) is 7.28. The Kier molecular flexibility index (Phi) is 7.67. The predicted octanol–water partition coefficient (Wildman–Crippen LogP) is 6.18. The highest BCUT2D eigenvalue weighted by Crippen LogP contribution is 2.38. The fourth-order valence-corrected chi connectivity index (χ4v) is 4.07. The molecule has 0 fully saturated rings. The van der Waals surface area contributed by atoms with Crippen LogP contribution in [-0.4, -0.2) is 23.4 Å². The van der Waals surface area contributed by atoms with E-state index in [1.54, 1.807) is 12.1 Å². The first-order valence-corrected chi connectivity index (χ1v) is 11.9. The van der Waals surface area contributed by atoms with Crippen LogP contribution in [0.2, 0.25) is 5.02 Å². The molecule has 1 aliphatic rings. The van der Waals surface area contributed by atoms with Crippen LogP contribution in [0.5, 0.6) is 11.5 Å². The van der Waals surface area contributed by atoms with E-state index in [1.807, 2.05) is 31.2 Å². The molecule has 10 heteroatoms. The third-order valence-corrected chi connectivity index (χ3v) is 6.24. The van der Waals surface area contributed by atoms with Gasteiger partial charge in [-0.15, -0.1) is 0 Å². The summed E-state index contributed by atoms with van der Waals surface area (Å²) in [7, 11) is 0. The van der Waals surface area contributed by atoms with Crippen molar-refractivity contribution in [3.8, 4) is 11.5 Å². The summed E-state index contributed by atoms with van der Waals surface area (Å²) in [4.78, 5) is 27.0. The molecule has 0 saturated heterocycles. The number of hydrogen-bond acceptors (Lipinski definition) is 7. The summed E-state index contributed by atoms with van der Waals surface area (Å²) < 4.78 is 18.0. The highest BCUT2D eigenvalue weighted by molar-refractivity contribution is 14.1. The molecular formula is C25H18ClIN2O6. The van der Waals surface area contributed by atoms with Crippen LogP contribution >= 0.6 is 34.2 Å². The minimum atomic E-state index is -0.647. The molecule has 0 spiro atoms. The van der Waals surface area contributed by atoms with E-state index in [0.717, 1.165) is 9.13 Å². The topological polar surface area (TPSA) is 100 Å². The summed E-state index contributed by atoms with van der Waals surface area (Å²) >= 11 is 8.76. The summed E-state index contributed by atoms with van der Waals surface area (Å²) in [5.74, 6) is 0.249. The third-order valence-electron chi connectivity index (χ3n) is 4.91. The fraction of sp³-hybridized carbons (Fsp3) is 0.120. The summed E-state index contributed by atoms with van der Waals surface area (Å²) in [6.45, 7) is 2.55. The molecule has 0 saturated carbocycles. The number of carbonyl (C=O) groups is 1. The highest BCUT2D eigenvalue weighted by atomic mass is 127. The number of hydrogen-bond donors (Lipinski definition) is 0. The van der Waals surface area contributed by atoms with Gasteiger partial charge in [-0.3, -0.25) is 10.1 Å². The average molecular weight is 605 g/mol. The van der Waals surface area contributed by atoms with Crippen molar-refractivity contribution in [2.45, 2.75) is 13.5 Å². The second-order valence-corrected chi connectivity index (χ2v) is 8.85. The Hall–Kier alpha value is -3.44. The van der Waals surface area contributed by atoms with E-state index in [9.17, 15) is 14.9 Å². The summed E-state index contributed by atoms with van der Waals surface area (Å²) in [5, 5.41) is 11.2. The molecule has 0 radical (unpaired) electrons. The molecule has 3 aromatic rings. The van der Waals surface area contributed by atoms with Gasteiger partial charge >= 0.3 is 5.97 Å². The van der Waals surface area contributed by atoms with Crippen LogP contribution in [-0.2, 0) is 16.1 Å². The number of carbonyl (C=O) groups excluding carboxylic acids is 1. The number of halogens is 2. The van der Waals surface area contributed by atoms with Crippen molar-refractivity contribution < 1.29 is 23.9 Å². The Balaban J connectivity index is 1.60. The van der Waals surface area contributed by atoms with Crippen LogP contribution in [0.3, 0.4) is 0 Å². The van der Waals surface area contributed by atoms with Gasteiger partial charge in [0, 0.05) is 26.8 Å². The molecule has 0 atom stereocenters. The fourth-order valence-electron chi connectivity index (χ4n) is 3.26. The van der Waals surface area contributed by atoms with Gasteiger partial charge in [0.25, 0.3) is 5.69 Å². The van der Waals surface area contributed by atoms with Crippen LogP contribution in [0.1, 0.15) is 23.6 Å². The number of nitrogens with zero attached hydrogens (tertiary/aromatic N) is 2. The summed E-state index contributed by atoms with van der Waals surface area (Å²) in [5.41, 5.74) is 2.02. The first kappa shape index (κ1) is 24.7. The number of esters is 1. The number of rotatable bonds is 8.